The molecule has 0 aliphatic carbocycles. The molecule has 1 aromatic heterocycles. The monoisotopic (exact) mass is 205 g/mol. The first-order valence-electron chi connectivity index (χ1n) is 4.77. The number of benzene rings is 1. The van der Waals surface area contributed by atoms with Crippen LogP contribution >= 0.6 is 0 Å². The number of nitrogens with zero attached hydrogens (tertiary/aromatic N) is 1. The van der Waals surface area contributed by atoms with Crippen molar-refractivity contribution in [1.82, 2.24) is 4.98 Å². The van der Waals surface area contributed by atoms with Gasteiger partial charge in [0, 0.05) is 5.56 Å². The number of halogens is 1. The third-order valence-corrected chi connectivity index (χ3v) is 2.33. The van der Waals surface area contributed by atoms with Crippen molar-refractivity contribution in [2.24, 2.45) is 0 Å². The van der Waals surface area contributed by atoms with Crippen molar-refractivity contribution >= 4 is 0 Å². The van der Waals surface area contributed by atoms with Crippen LogP contribution in [-0.4, -0.2) is 4.98 Å². The molecule has 0 bridgehead atoms. The van der Waals surface area contributed by atoms with Crippen LogP contribution in [0, 0.1) is 26.6 Å². The Morgan fingerprint density at radius 2 is 1.73 bits per heavy atom. The van der Waals surface area contributed by atoms with Gasteiger partial charge in [-0.3, -0.25) is 0 Å². The van der Waals surface area contributed by atoms with Gasteiger partial charge >= 0.3 is 0 Å². The van der Waals surface area contributed by atoms with E-state index < -0.39 is 0 Å². The maximum Gasteiger partial charge on any atom is 0.226 e. The van der Waals surface area contributed by atoms with Crippen LogP contribution in [0.15, 0.2) is 22.7 Å². The molecule has 0 saturated heterocycles. The average Bonchev–Trinajstić information content (AvgIpc) is 2.49. The van der Waals surface area contributed by atoms with Crippen molar-refractivity contribution in [3.05, 3.63) is 41.0 Å². The maximum absolute atomic E-state index is 13.1. The molecule has 0 N–H and O–H groups in total. The molecule has 0 radical (unpaired) electrons. The third kappa shape index (κ3) is 1.77. The van der Waals surface area contributed by atoms with Crippen molar-refractivity contribution in [1.29, 1.82) is 0 Å². The Bertz CT molecular complexity index is 479. The molecule has 3 heteroatoms. The van der Waals surface area contributed by atoms with E-state index in [0.717, 1.165) is 22.5 Å². The highest BCUT2D eigenvalue weighted by molar-refractivity contribution is 5.63. The van der Waals surface area contributed by atoms with Gasteiger partial charge in [-0.2, -0.15) is 0 Å². The zero-order valence-corrected chi connectivity index (χ0v) is 8.97. The number of hydrogen-bond donors (Lipinski definition) is 0. The van der Waals surface area contributed by atoms with E-state index in [2.05, 4.69) is 4.98 Å². The molecular weight excluding hydrogens is 193 g/mol. The summed E-state index contributed by atoms with van der Waals surface area (Å²) in [5.41, 5.74) is 2.56. The van der Waals surface area contributed by atoms with Crippen LogP contribution in [0.4, 0.5) is 4.39 Å². The summed E-state index contributed by atoms with van der Waals surface area (Å²) in [5.74, 6) is 1.09. The van der Waals surface area contributed by atoms with Gasteiger partial charge in [0.15, 0.2) is 0 Å². The van der Waals surface area contributed by atoms with Gasteiger partial charge in [-0.05, 0) is 44.0 Å². The molecular formula is C12H12FNO. The van der Waals surface area contributed by atoms with Gasteiger partial charge in [-0.25, -0.2) is 9.37 Å². The quantitative estimate of drug-likeness (QED) is 0.713. The normalized spacial score (nSPS) is 10.7. The third-order valence-electron chi connectivity index (χ3n) is 2.33. The Kier molecular flexibility index (Phi) is 2.31. The standard InChI is InChI=1S/C12H12FNO/c1-7-4-10(13)5-8(2)11(7)12-14-6-9(3)15-12/h4-6H,1-3H3. The predicted octanol–water partition coefficient (Wildman–Crippen LogP) is 3.41. The van der Waals surface area contributed by atoms with Crippen LogP contribution in [0.3, 0.4) is 0 Å². The lowest BCUT2D eigenvalue weighted by molar-refractivity contribution is 0.541. The summed E-state index contributed by atoms with van der Waals surface area (Å²) in [4.78, 5) is 4.15. The fourth-order valence-electron chi connectivity index (χ4n) is 1.72. The number of aryl methyl sites for hydroxylation is 3. The van der Waals surface area contributed by atoms with E-state index in [1.165, 1.54) is 12.1 Å². The Labute approximate surface area is 87.8 Å². The fraction of sp³-hybridized carbons (Fsp3) is 0.250. The Morgan fingerprint density at radius 1 is 1.13 bits per heavy atom. The van der Waals surface area contributed by atoms with E-state index >= 15 is 0 Å². The highest BCUT2D eigenvalue weighted by Crippen LogP contribution is 2.27. The number of hydrogen-bond acceptors (Lipinski definition) is 2. The van der Waals surface area contributed by atoms with Gasteiger partial charge in [0.25, 0.3) is 0 Å². The lowest BCUT2D eigenvalue weighted by Crippen LogP contribution is -1.90. The van der Waals surface area contributed by atoms with E-state index in [-0.39, 0.29) is 5.82 Å². The van der Waals surface area contributed by atoms with Gasteiger partial charge in [0.2, 0.25) is 5.89 Å². The predicted molar refractivity (Wildman–Crippen MR) is 56.1 cm³/mol. The van der Waals surface area contributed by atoms with E-state index in [4.69, 9.17) is 4.42 Å². The Hall–Kier alpha value is -1.64. The maximum atomic E-state index is 13.1. The van der Waals surface area contributed by atoms with Gasteiger partial charge in [-0.15, -0.1) is 0 Å². The molecule has 0 fully saturated rings. The van der Waals surface area contributed by atoms with Crippen LogP contribution < -0.4 is 0 Å². The number of aromatic nitrogens is 1. The zero-order chi connectivity index (χ0) is 11.0. The molecule has 1 heterocycles. The molecule has 0 aliphatic heterocycles. The first-order valence-corrected chi connectivity index (χ1v) is 4.77. The minimum absolute atomic E-state index is 0.225. The topological polar surface area (TPSA) is 26.0 Å². The summed E-state index contributed by atoms with van der Waals surface area (Å²) in [6.45, 7) is 5.54. The van der Waals surface area contributed by atoms with Gasteiger partial charge in [0.05, 0.1) is 6.20 Å². The molecule has 2 aromatic rings. The molecule has 0 aliphatic rings. The summed E-state index contributed by atoms with van der Waals surface area (Å²) in [5, 5.41) is 0. The molecule has 15 heavy (non-hydrogen) atoms. The Balaban J connectivity index is 2.62. The smallest absolute Gasteiger partial charge is 0.226 e. The van der Waals surface area contributed by atoms with E-state index in [1.807, 2.05) is 20.8 Å². The average molecular weight is 205 g/mol. The fourth-order valence-corrected chi connectivity index (χ4v) is 1.72. The van der Waals surface area contributed by atoms with Gasteiger partial charge in [0.1, 0.15) is 11.6 Å². The van der Waals surface area contributed by atoms with Crippen molar-refractivity contribution in [2.75, 3.05) is 0 Å². The van der Waals surface area contributed by atoms with Gasteiger partial charge in [-0.1, -0.05) is 0 Å². The second-order valence-electron chi connectivity index (χ2n) is 3.69. The van der Waals surface area contributed by atoms with Crippen molar-refractivity contribution < 1.29 is 8.81 Å². The van der Waals surface area contributed by atoms with Crippen LogP contribution in [0.5, 0.6) is 0 Å². The summed E-state index contributed by atoms with van der Waals surface area (Å²) < 4.78 is 18.5. The van der Waals surface area contributed by atoms with E-state index in [1.54, 1.807) is 6.20 Å². The summed E-state index contributed by atoms with van der Waals surface area (Å²) >= 11 is 0. The van der Waals surface area contributed by atoms with Crippen molar-refractivity contribution in [2.45, 2.75) is 20.8 Å². The summed E-state index contributed by atoms with van der Waals surface area (Å²) in [6, 6.07) is 2.98. The molecule has 2 rings (SSSR count). The van der Waals surface area contributed by atoms with Crippen LogP contribution in [0.1, 0.15) is 16.9 Å². The minimum Gasteiger partial charge on any atom is -0.441 e. The van der Waals surface area contributed by atoms with Gasteiger partial charge < -0.3 is 4.42 Å². The largest absolute Gasteiger partial charge is 0.441 e. The molecule has 2 nitrogen and oxygen atoms in total. The highest BCUT2D eigenvalue weighted by Gasteiger charge is 2.12. The van der Waals surface area contributed by atoms with E-state index in [9.17, 15) is 4.39 Å². The zero-order valence-electron chi connectivity index (χ0n) is 8.97. The Morgan fingerprint density at radius 3 is 2.20 bits per heavy atom. The van der Waals surface area contributed by atoms with Crippen molar-refractivity contribution in [3.63, 3.8) is 0 Å². The first kappa shape index (κ1) is 9.90. The second-order valence-corrected chi connectivity index (χ2v) is 3.69. The summed E-state index contributed by atoms with van der Waals surface area (Å²) in [6.07, 6.45) is 1.66. The molecule has 1 aromatic carbocycles. The lowest BCUT2D eigenvalue weighted by Gasteiger charge is -2.05. The van der Waals surface area contributed by atoms with Crippen LogP contribution in [0.2, 0.25) is 0 Å². The molecule has 0 amide bonds. The SMILES string of the molecule is Cc1cnc(-c2c(C)cc(F)cc2C)o1. The van der Waals surface area contributed by atoms with Crippen LogP contribution in [-0.2, 0) is 0 Å². The lowest BCUT2D eigenvalue weighted by atomic mass is 10.0. The summed E-state index contributed by atoms with van der Waals surface area (Å²) in [7, 11) is 0. The first-order chi connectivity index (χ1) is 7.08. The molecule has 0 saturated carbocycles. The molecule has 78 valence electrons. The molecule has 0 atom stereocenters. The van der Waals surface area contributed by atoms with E-state index in [0.29, 0.717) is 5.89 Å². The number of rotatable bonds is 1. The second kappa shape index (κ2) is 3.50. The van der Waals surface area contributed by atoms with Crippen LogP contribution in [0.25, 0.3) is 11.5 Å². The van der Waals surface area contributed by atoms with Crippen molar-refractivity contribution in [3.8, 4) is 11.5 Å². The minimum atomic E-state index is -0.225. The highest BCUT2D eigenvalue weighted by atomic mass is 19.1. The molecule has 0 spiro atoms. The molecule has 0 unspecified atom stereocenters. The number of oxazole rings is 1.